The average molecular weight is 491 g/mol. The predicted octanol–water partition coefficient (Wildman–Crippen LogP) is 6.55. The van der Waals surface area contributed by atoms with Gasteiger partial charge in [-0.25, -0.2) is 4.98 Å². The van der Waals surface area contributed by atoms with Crippen LogP contribution in [-0.2, 0) is 18.9 Å². The van der Waals surface area contributed by atoms with Gasteiger partial charge in [0.05, 0.1) is 22.4 Å². The molecule has 10 heteroatoms. The third kappa shape index (κ3) is 5.62. The van der Waals surface area contributed by atoms with Crippen molar-refractivity contribution in [3.05, 3.63) is 87.7 Å². The fourth-order valence-corrected chi connectivity index (χ4v) is 3.73. The molecule has 0 fully saturated rings. The monoisotopic (exact) mass is 491 g/mol. The topological polar surface area (TPSA) is 57.0 Å². The normalized spacial score (nSPS) is 11.8. The highest BCUT2D eigenvalue weighted by molar-refractivity contribution is 6.02. The third-order valence-electron chi connectivity index (χ3n) is 5.38. The molecule has 3 aromatic rings. The lowest BCUT2D eigenvalue weighted by atomic mass is 9.94. The molecule has 35 heavy (non-hydrogen) atoms. The summed E-state index contributed by atoms with van der Waals surface area (Å²) in [5.74, 6) is -0.663. The zero-order valence-corrected chi connectivity index (χ0v) is 18.8. The van der Waals surface area contributed by atoms with E-state index in [-0.39, 0.29) is 28.6 Å². The van der Waals surface area contributed by atoms with Crippen LogP contribution < -0.4 is 0 Å². The van der Waals surface area contributed by atoms with Gasteiger partial charge < -0.3 is 4.90 Å². The van der Waals surface area contributed by atoms with E-state index in [9.17, 15) is 36.4 Å². The van der Waals surface area contributed by atoms with Crippen molar-refractivity contribution >= 4 is 5.91 Å². The molecular weight excluding hydrogens is 472 g/mol. The molecule has 0 spiro atoms. The molecule has 0 radical (unpaired) electrons. The Morgan fingerprint density at radius 2 is 1.51 bits per heavy atom. The van der Waals surface area contributed by atoms with Crippen LogP contribution in [-0.4, -0.2) is 22.8 Å². The number of benzene rings is 2. The minimum Gasteiger partial charge on any atom is -0.337 e. The summed E-state index contributed by atoms with van der Waals surface area (Å²) in [5.41, 5.74) is -1.05. The van der Waals surface area contributed by atoms with E-state index in [4.69, 9.17) is 0 Å². The van der Waals surface area contributed by atoms with Gasteiger partial charge in [0, 0.05) is 13.6 Å². The lowest BCUT2D eigenvalue weighted by Gasteiger charge is -2.22. The van der Waals surface area contributed by atoms with Gasteiger partial charge >= 0.3 is 12.4 Å². The van der Waals surface area contributed by atoms with Crippen molar-refractivity contribution in [3.63, 3.8) is 0 Å². The largest absolute Gasteiger partial charge is 0.416 e. The maximum absolute atomic E-state index is 13.4. The van der Waals surface area contributed by atoms with Crippen molar-refractivity contribution in [1.29, 1.82) is 5.26 Å². The number of hydrogen-bond donors (Lipinski definition) is 0. The number of aryl methyl sites for hydroxylation is 2. The molecule has 0 aliphatic rings. The van der Waals surface area contributed by atoms with Crippen LogP contribution in [0.1, 0.15) is 44.0 Å². The zero-order valence-electron chi connectivity index (χ0n) is 18.8. The second-order valence-corrected chi connectivity index (χ2v) is 8.02. The van der Waals surface area contributed by atoms with Crippen molar-refractivity contribution in [2.24, 2.45) is 0 Å². The highest BCUT2D eigenvalue weighted by Crippen LogP contribution is 2.37. The molecule has 0 saturated heterocycles. The van der Waals surface area contributed by atoms with Crippen LogP contribution >= 0.6 is 0 Å². The number of pyridine rings is 1. The summed E-state index contributed by atoms with van der Waals surface area (Å²) < 4.78 is 79.3. The van der Waals surface area contributed by atoms with Gasteiger partial charge in [-0.05, 0) is 60.4 Å². The van der Waals surface area contributed by atoms with E-state index in [0.717, 1.165) is 10.5 Å². The van der Waals surface area contributed by atoms with Crippen molar-refractivity contribution in [3.8, 4) is 17.2 Å². The Balaban J connectivity index is 2.07. The molecule has 0 bridgehead atoms. The Labute approximate surface area is 197 Å². The molecule has 1 heterocycles. The number of aromatic nitrogens is 1. The highest BCUT2D eigenvalue weighted by Gasteiger charge is 2.37. The van der Waals surface area contributed by atoms with Gasteiger partial charge in [0.15, 0.2) is 0 Å². The second kappa shape index (κ2) is 9.41. The maximum atomic E-state index is 13.4. The van der Waals surface area contributed by atoms with Crippen molar-refractivity contribution in [2.45, 2.75) is 32.7 Å². The predicted molar refractivity (Wildman–Crippen MR) is 116 cm³/mol. The SMILES string of the molecule is Cc1ccccc1-c1cc(C#N)nc(C)c1C(=O)N(C)Cc1cc(C(F)(F)F)cc(C(F)(F)F)c1. The summed E-state index contributed by atoms with van der Waals surface area (Å²) in [6.45, 7) is 2.80. The number of alkyl halides is 6. The van der Waals surface area contributed by atoms with Gasteiger partial charge in [-0.15, -0.1) is 0 Å². The van der Waals surface area contributed by atoms with Crippen LogP contribution in [0.25, 0.3) is 11.1 Å². The Morgan fingerprint density at radius 3 is 2.03 bits per heavy atom. The van der Waals surface area contributed by atoms with E-state index in [0.29, 0.717) is 23.3 Å². The number of amides is 1. The highest BCUT2D eigenvalue weighted by atomic mass is 19.4. The summed E-state index contributed by atoms with van der Waals surface area (Å²) >= 11 is 0. The summed E-state index contributed by atoms with van der Waals surface area (Å²) in [6, 6.07) is 11.6. The second-order valence-electron chi connectivity index (χ2n) is 8.02. The van der Waals surface area contributed by atoms with Crippen LogP contribution in [0.3, 0.4) is 0 Å². The fourth-order valence-electron chi connectivity index (χ4n) is 3.73. The zero-order chi connectivity index (χ0) is 26.1. The smallest absolute Gasteiger partial charge is 0.337 e. The molecule has 182 valence electrons. The van der Waals surface area contributed by atoms with E-state index in [1.54, 1.807) is 31.2 Å². The van der Waals surface area contributed by atoms with Crippen molar-refractivity contribution in [1.82, 2.24) is 9.88 Å². The van der Waals surface area contributed by atoms with Crippen molar-refractivity contribution < 1.29 is 31.1 Å². The summed E-state index contributed by atoms with van der Waals surface area (Å²) in [6.07, 6.45) is -9.99. The first-order chi connectivity index (χ1) is 16.2. The van der Waals surface area contributed by atoms with Crippen LogP contribution in [0.2, 0.25) is 0 Å². The molecule has 2 aromatic carbocycles. The van der Waals surface area contributed by atoms with Gasteiger partial charge in [0.1, 0.15) is 11.8 Å². The van der Waals surface area contributed by atoms with Crippen LogP contribution in [0.4, 0.5) is 26.3 Å². The maximum Gasteiger partial charge on any atom is 0.416 e. The number of carbonyl (C=O) groups is 1. The quantitative estimate of drug-likeness (QED) is 0.389. The molecule has 0 N–H and O–H groups in total. The number of nitriles is 1. The van der Waals surface area contributed by atoms with Gasteiger partial charge in [0.25, 0.3) is 5.91 Å². The molecule has 0 atom stereocenters. The number of carbonyl (C=O) groups excluding carboxylic acids is 1. The van der Waals surface area contributed by atoms with E-state index >= 15 is 0 Å². The lowest BCUT2D eigenvalue weighted by molar-refractivity contribution is -0.143. The first-order valence-electron chi connectivity index (χ1n) is 10.2. The van der Waals surface area contributed by atoms with E-state index < -0.39 is 35.9 Å². The molecule has 4 nitrogen and oxygen atoms in total. The minimum absolute atomic E-state index is 0.0380. The molecule has 1 aromatic heterocycles. The Hall–Kier alpha value is -3.87. The fraction of sp³-hybridized carbons (Fsp3) is 0.240. The van der Waals surface area contributed by atoms with Crippen LogP contribution in [0, 0.1) is 25.2 Å². The molecule has 0 aliphatic carbocycles. The Bertz CT molecular complexity index is 1290. The molecule has 0 unspecified atom stereocenters. The number of nitrogens with zero attached hydrogens (tertiary/aromatic N) is 3. The van der Waals surface area contributed by atoms with Gasteiger partial charge in [0.2, 0.25) is 0 Å². The Kier molecular flexibility index (Phi) is 6.92. The number of hydrogen-bond acceptors (Lipinski definition) is 3. The number of halogens is 6. The van der Waals surface area contributed by atoms with Gasteiger partial charge in [-0.1, -0.05) is 24.3 Å². The third-order valence-corrected chi connectivity index (χ3v) is 5.38. The first kappa shape index (κ1) is 25.7. The summed E-state index contributed by atoms with van der Waals surface area (Å²) in [5, 5.41) is 9.33. The standard InChI is InChI=1S/C25H19F6N3O/c1-14-6-4-5-7-20(14)21-11-19(12-32)33-15(2)22(21)23(35)34(3)13-16-8-17(24(26,27)28)10-18(9-16)25(29,30)31/h4-11H,13H2,1-3H3. The Morgan fingerprint density at radius 1 is 0.943 bits per heavy atom. The molecular formula is C25H19F6N3O. The van der Waals surface area contributed by atoms with Crippen LogP contribution in [0.15, 0.2) is 48.5 Å². The summed E-state index contributed by atoms with van der Waals surface area (Å²) in [4.78, 5) is 18.5. The van der Waals surface area contributed by atoms with Gasteiger partial charge in [-0.3, -0.25) is 4.79 Å². The molecule has 0 saturated carbocycles. The molecule has 3 rings (SSSR count). The van der Waals surface area contributed by atoms with Crippen molar-refractivity contribution in [2.75, 3.05) is 7.05 Å². The molecule has 0 aliphatic heterocycles. The lowest BCUT2D eigenvalue weighted by Crippen LogP contribution is -2.28. The van der Waals surface area contributed by atoms with Gasteiger partial charge in [-0.2, -0.15) is 31.6 Å². The van der Waals surface area contributed by atoms with Crippen LogP contribution in [0.5, 0.6) is 0 Å². The average Bonchev–Trinajstić information content (AvgIpc) is 2.77. The number of rotatable bonds is 4. The van der Waals surface area contributed by atoms with E-state index in [1.165, 1.54) is 20.0 Å². The minimum atomic E-state index is -5.00. The molecule has 1 amide bonds. The first-order valence-corrected chi connectivity index (χ1v) is 10.2. The van der Waals surface area contributed by atoms with E-state index in [1.807, 2.05) is 6.07 Å². The van der Waals surface area contributed by atoms with E-state index in [2.05, 4.69) is 4.98 Å². The summed E-state index contributed by atoms with van der Waals surface area (Å²) in [7, 11) is 1.27.